The summed E-state index contributed by atoms with van der Waals surface area (Å²) in [7, 11) is 1.60. The van der Waals surface area contributed by atoms with Crippen LogP contribution in [0.5, 0.6) is 0 Å². The number of halogens is 3. The molecule has 20 heavy (non-hydrogen) atoms. The van der Waals surface area contributed by atoms with E-state index in [1.165, 1.54) is 10.9 Å². The number of nitrogens with zero attached hydrogens (tertiary/aromatic N) is 2. The number of benzene rings is 1. The zero-order valence-corrected chi connectivity index (χ0v) is 10.9. The maximum atomic E-state index is 13.6. The van der Waals surface area contributed by atoms with E-state index in [2.05, 4.69) is 10.4 Å². The molecule has 0 aliphatic carbocycles. The van der Waals surface area contributed by atoms with E-state index in [1.54, 1.807) is 13.2 Å². The zero-order chi connectivity index (χ0) is 14.5. The Morgan fingerprint density at radius 2 is 1.95 bits per heavy atom. The molecule has 1 heterocycles. The molecule has 4 nitrogen and oxygen atoms in total. The van der Waals surface area contributed by atoms with Crippen molar-refractivity contribution in [1.82, 2.24) is 15.1 Å². The number of methoxy groups -OCH3 is 1. The van der Waals surface area contributed by atoms with Gasteiger partial charge in [0.25, 0.3) is 0 Å². The Morgan fingerprint density at radius 3 is 2.70 bits per heavy atom. The lowest BCUT2D eigenvalue weighted by Crippen LogP contribution is -2.18. The van der Waals surface area contributed by atoms with E-state index in [9.17, 15) is 13.2 Å². The highest BCUT2D eigenvalue weighted by Crippen LogP contribution is 2.17. The van der Waals surface area contributed by atoms with Gasteiger partial charge in [0.1, 0.15) is 5.69 Å². The molecule has 0 aliphatic rings. The summed E-state index contributed by atoms with van der Waals surface area (Å²) in [5, 5.41) is 7.17. The van der Waals surface area contributed by atoms with Crippen molar-refractivity contribution in [3.8, 4) is 5.69 Å². The van der Waals surface area contributed by atoms with Crippen LogP contribution in [0.2, 0.25) is 0 Å². The van der Waals surface area contributed by atoms with E-state index < -0.39 is 17.5 Å². The molecule has 0 saturated heterocycles. The number of nitrogens with one attached hydrogen (secondary N) is 1. The third-order valence-electron chi connectivity index (χ3n) is 2.67. The van der Waals surface area contributed by atoms with Crippen LogP contribution in [0.25, 0.3) is 5.69 Å². The van der Waals surface area contributed by atoms with Crippen LogP contribution in [0.1, 0.15) is 5.69 Å². The third kappa shape index (κ3) is 3.37. The van der Waals surface area contributed by atoms with Gasteiger partial charge in [-0.05, 0) is 6.07 Å². The summed E-state index contributed by atoms with van der Waals surface area (Å²) in [4.78, 5) is 0. The quantitative estimate of drug-likeness (QED) is 0.652. The monoisotopic (exact) mass is 285 g/mol. The Kier molecular flexibility index (Phi) is 4.75. The van der Waals surface area contributed by atoms with Crippen LogP contribution in [0, 0.1) is 17.5 Å². The van der Waals surface area contributed by atoms with Gasteiger partial charge in [-0.15, -0.1) is 0 Å². The first-order valence-electron chi connectivity index (χ1n) is 6.01. The van der Waals surface area contributed by atoms with Crippen LogP contribution >= 0.6 is 0 Å². The molecule has 0 radical (unpaired) electrons. The zero-order valence-electron chi connectivity index (χ0n) is 10.9. The molecule has 0 atom stereocenters. The fraction of sp³-hybridized carbons (Fsp3) is 0.308. The Morgan fingerprint density at radius 1 is 1.20 bits per heavy atom. The van der Waals surface area contributed by atoms with Gasteiger partial charge in [0.05, 0.1) is 12.3 Å². The molecular formula is C13H14F3N3O. The molecule has 1 aromatic heterocycles. The largest absolute Gasteiger partial charge is 0.383 e. The summed E-state index contributed by atoms with van der Waals surface area (Å²) >= 11 is 0. The lowest BCUT2D eigenvalue weighted by atomic mass is 10.3. The second kappa shape index (κ2) is 6.53. The van der Waals surface area contributed by atoms with Crippen molar-refractivity contribution in [2.45, 2.75) is 6.54 Å². The fourth-order valence-corrected chi connectivity index (χ4v) is 1.67. The van der Waals surface area contributed by atoms with Gasteiger partial charge >= 0.3 is 0 Å². The summed E-state index contributed by atoms with van der Waals surface area (Å²) in [6.07, 6.45) is 1.49. The first-order valence-corrected chi connectivity index (χ1v) is 6.01. The second-order valence-electron chi connectivity index (χ2n) is 4.14. The topological polar surface area (TPSA) is 39.1 Å². The van der Waals surface area contributed by atoms with Gasteiger partial charge in [-0.1, -0.05) is 0 Å². The van der Waals surface area contributed by atoms with Gasteiger partial charge in [-0.3, -0.25) is 0 Å². The van der Waals surface area contributed by atoms with Crippen molar-refractivity contribution < 1.29 is 17.9 Å². The van der Waals surface area contributed by atoms with Crippen molar-refractivity contribution >= 4 is 0 Å². The summed E-state index contributed by atoms with van der Waals surface area (Å²) in [6.45, 7) is 1.70. The summed E-state index contributed by atoms with van der Waals surface area (Å²) < 4.78 is 45.6. The molecule has 1 N–H and O–H groups in total. The molecule has 0 aliphatic heterocycles. The predicted molar refractivity (Wildman–Crippen MR) is 67.0 cm³/mol. The second-order valence-corrected chi connectivity index (χ2v) is 4.14. The van der Waals surface area contributed by atoms with Gasteiger partial charge in [0.2, 0.25) is 0 Å². The molecule has 0 fully saturated rings. The van der Waals surface area contributed by atoms with Crippen LogP contribution in [-0.4, -0.2) is 30.0 Å². The highest BCUT2D eigenvalue weighted by Gasteiger charge is 2.12. The first-order chi connectivity index (χ1) is 9.61. The molecular weight excluding hydrogens is 271 g/mol. The van der Waals surface area contributed by atoms with Crippen molar-refractivity contribution in [3.05, 3.63) is 47.5 Å². The van der Waals surface area contributed by atoms with E-state index in [1.807, 2.05) is 0 Å². The molecule has 2 rings (SSSR count). The SMILES string of the molecule is COCCNCc1ccn(-c2cc(F)c(F)cc2F)n1. The lowest BCUT2D eigenvalue weighted by Gasteiger charge is -2.04. The third-order valence-corrected chi connectivity index (χ3v) is 2.67. The predicted octanol–water partition coefficient (Wildman–Crippen LogP) is 2.03. The summed E-state index contributed by atoms with van der Waals surface area (Å²) in [5.41, 5.74) is 0.525. The highest BCUT2D eigenvalue weighted by molar-refractivity contribution is 5.34. The van der Waals surface area contributed by atoms with Crippen LogP contribution in [-0.2, 0) is 11.3 Å². The lowest BCUT2D eigenvalue weighted by molar-refractivity contribution is 0.199. The van der Waals surface area contributed by atoms with Crippen molar-refractivity contribution in [1.29, 1.82) is 0 Å². The maximum Gasteiger partial charge on any atom is 0.161 e. The van der Waals surface area contributed by atoms with Crippen molar-refractivity contribution in [2.75, 3.05) is 20.3 Å². The Labute approximate surface area is 114 Å². The smallest absolute Gasteiger partial charge is 0.161 e. The first kappa shape index (κ1) is 14.5. The molecule has 108 valence electrons. The molecule has 0 amide bonds. The van der Waals surface area contributed by atoms with Gasteiger partial charge in [-0.25, -0.2) is 17.9 Å². The van der Waals surface area contributed by atoms with Gasteiger partial charge in [0.15, 0.2) is 17.5 Å². The number of hydrogen-bond acceptors (Lipinski definition) is 3. The van der Waals surface area contributed by atoms with Crippen LogP contribution in [0.4, 0.5) is 13.2 Å². The molecule has 2 aromatic rings. The molecule has 0 unspecified atom stereocenters. The summed E-state index contributed by atoms with van der Waals surface area (Å²) in [6, 6.07) is 2.95. The number of hydrogen-bond donors (Lipinski definition) is 1. The van der Waals surface area contributed by atoms with E-state index in [0.29, 0.717) is 31.5 Å². The molecule has 0 bridgehead atoms. The van der Waals surface area contributed by atoms with Gasteiger partial charge in [-0.2, -0.15) is 5.10 Å². The highest BCUT2D eigenvalue weighted by atomic mass is 19.2. The normalized spacial score (nSPS) is 11.0. The maximum absolute atomic E-state index is 13.6. The van der Waals surface area contributed by atoms with Crippen molar-refractivity contribution in [2.24, 2.45) is 0 Å². The summed E-state index contributed by atoms with van der Waals surface area (Å²) in [5.74, 6) is -3.21. The molecule has 7 heteroatoms. The average molecular weight is 285 g/mol. The number of rotatable bonds is 6. The minimum atomic E-state index is -1.22. The van der Waals surface area contributed by atoms with E-state index in [-0.39, 0.29) is 5.69 Å². The van der Waals surface area contributed by atoms with E-state index in [0.717, 1.165) is 6.07 Å². The Hall–Kier alpha value is -1.86. The minimum Gasteiger partial charge on any atom is -0.383 e. The number of aromatic nitrogens is 2. The molecule has 0 saturated carbocycles. The fourth-order valence-electron chi connectivity index (χ4n) is 1.67. The van der Waals surface area contributed by atoms with Crippen LogP contribution < -0.4 is 5.32 Å². The molecule has 0 spiro atoms. The van der Waals surface area contributed by atoms with Gasteiger partial charge < -0.3 is 10.1 Å². The average Bonchev–Trinajstić information content (AvgIpc) is 2.87. The van der Waals surface area contributed by atoms with Crippen LogP contribution in [0.15, 0.2) is 24.4 Å². The molecule has 1 aromatic carbocycles. The van der Waals surface area contributed by atoms with E-state index in [4.69, 9.17) is 4.74 Å². The van der Waals surface area contributed by atoms with Crippen LogP contribution in [0.3, 0.4) is 0 Å². The van der Waals surface area contributed by atoms with Gasteiger partial charge in [0, 0.05) is 38.5 Å². The Balaban J connectivity index is 2.10. The minimum absolute atomic E-state index is 0.132. The Bertz CT molecular complexity index is 586. The van der Waals surface area contributed by atoms with E-state index >= 15 is 0 Å². The standard InChI is InChI=1S/C13H14F3N3O/c1-20-5-3-17-8-9-2-4-19(18-9)13-7-11(15)10(14)6-12(13)16/h2,4,6-7,17H,3,5,8H2,1H3. The number of ether oxygens (including phenoxy) is 1. The van der Waals surface area contributed by atoms with Crippen molar-refractivity contribution in [3.63, 3.8) is 0 Å².